The van der Waals surface area contributed by atoms with E-state index in [0.717, 1.165) is 87.4 Å². The van der Waals surface area contributed by atoms with Crippen LogP contribution in [0.4, 0.5) is 45.5 Å². The summed E-state index contributed by atoms with van der Waals surface area (Å²) in [5.41, 5.74) is 25.8. The first kappa shape index (κ1) is 50.5. The van der Waals surface area contributed by atoms with Crippen LogP contribution in [0, 0.1) is 0 Å². The van der Waals surface area contributed by atoms with Crippen molar-refractivity contribution in [3.05, 3.63) is 173 Å². The molecular weight excluding hydrogens is 998 g/mol. The Balaban J connectivity index is 1.09. The highest BCUT2D eigenvalue weighted by molar-refractivity contribution is 7.00. The average Bonchev–Trinajstić information content (AvgIpc) is 1.50. The highest BCUT2D eigenvalue weighted by atomic mass is 16.3. The van der Waals surface area contributed by atoms with Gasteiger partial charge in [-0.3, -0.25) is 0 Å². The second-order valence-electron chi connectivity index (χ2n) is 30.1. The van der Waals surface area contributed by atoms with Crippen LogP contribution in [0.3, 0.4) is 0 Å². The van der Waals surface area contributed by atoms with Crippen molar-refractivity contribution in [2.75, 3.05) is 14.7 Å². The Bertz CT molecular complexity index is 4430. The zero-order chi connectivity index (χ0) is 56.6. The van der Waals surface area contributed by atoms with E-state index in [1.807, 2.05) is 0 Å². The number of furan rings is 2. The van der Waals surface area contributed by atoms with Crippen LogP contribution >= 0.6 is 0 Å². The normalized spacial score (nSPS) is 22.5. The fraction of sp³-hybridized carbons (Fsp3) is 0.368. The van der Waals surface area contributed by atoms with Crippen LogP contribution in [0.25, 0.3) is 43.9 Å². The van der Waals surface area contributed by atoms with Crippen LogP contribution in [0.5, 0.6) is 0 Å². The van der Waals surface area contributed by atoms with Gasteiger partial charge in [-0.1, -0.05) is 175 Å². The van der Waals surface area contributed by atoms with Gasteiger partial charge in [0.2, 0.25) is 0 Å². The summed E-state index contributed by atoms with van der Waals surface area (Å²) in [4.78, 5) is 8.23. The van der Waals surface area contributed by atoms with Crippen LogP contribution in [-0.4, -0.2) is 12.3 Å². The SMILES string of the molecule is CC(C)(C)c1ccc2c(c1)C1(C)CCCCC1(C)N2c1cc2c3c(c1)N(c1cccc4c1oc1ccccc14)c1c(ccc4oc5ccccc5c14)B3c1cc3c(cc1N2c1ccc2c(c1)C(C)(C)CCC2(C)C)C(C)(C)CCC3(C)C. The van der Waals surface area contributed by atoms with Gasteiger partial charge in [-0.05, 0) is 183 Å². The summed E-state index contributed by atoms with van der Waals surface area (Å²) in [7, 11) is 0. The number of hydrogen-bond donors (Lipinski definition) is 0. The van der Waals surface area contributed by atoms with E-state index < -0.39 is 0 Å². The molecule has 8 aromatic carbocycles. The molecule has 1 fully saturated rings. The Labute approximate surface area is 485 Å². The molecule has 0 N–H and O–H groups in total. The lowest BCUT2D eigenvalue weighted by molar-refractivity contribution is 0.195. The summed E-state index contributed by atoms with van der Waals surface area (Å²) in [6.45, 7) is 32.1. The van der Waals surface area contributed by atoms with Crippen molar-refractivity contribution < 1.29 is 8.83 Å². The number of rotatable bonds is 3. The molecule has 16 rings (SSSR count). The van der Waals surface area contributed by atoms with Crippen LogP contribution in [0.1, 0.15) is 175 Å². The molecule has 412 valence electrons. The van der Waals surface area contributed by atoms with Gasteiger partial charge in [0.25, 0.3) is 6.71 Å². The molecule has 6 heteroatoms. The van der Waals surface area contributed by atoms with Crippen molar-refractivity contribution in [3.63, 3.8) is 0 Å². The maximum atomic E-state index is 7.21. The van der Waals surface area contributed by atoms with E-state index in [-0.39, 0.29) is 44.7 Å². The molecule has 0 radical (unpaired) electrons. The molecule has 2 atom stereocenters. The molecule has 2 aromatic heterocycles. The molecule has 0 bridgehead atoms. The maximum absolute atomic E-state index is 7.21. The van der Waals surface area contributed by atoms with E-state index in [1.165, 1.54) is 103 Å². The summed E-state index contributed by atoms with van der Waals surface area (Å²) < 4.78 is 14.2. The number of nitrogens with zero attached hydrogens (tertiary/aromatic N) is 3. The van der Waals surface area contributed by atoms with Gasteiger partial charge in [-0.2, -0.15) is 0 Å². The molecule has 1 saturated carbocycles. The first-order valence-electron chi connectivity index (χ1n) is 30.9. The monoisotopic (exact) mass is 1080 g/mol. The van der Waals surface area contributed by atoms with Gasteiger partial charge in [0, 0.05) is 55.7 Å². The van der Waals surface area contributed by atoms with E-state index in [1.54, 1.807) is 0 Å². The summed E-state index contributed by atoms with van der Waals surface area (Å²) >= 11 is 0. The molecule has 3 aliphatic carbocycles. The van der Waals surface area contributed by atoms with Gasteiger partial charge in [0.05, 0.1) is 22.3 Å². The number of anilines is 8. The fourth-order valence-electron chi connectivity index (χ4n) is 17.2. The topological polar surface area (TPSA) is 36.0 Å². The largest absolute Gasteiger partial charge is 0.456 e. The Morgan fingerprint density at radius 1 is 0.427 bits per heavy atom. The minimum atomic E-state index is -0.206. The highest BCUT2D eigenvalue weighted by Gasteiger charge is 2.59. The Kier molecular flexibility index (Phi) is 10.1. The van der Waals surface area contributed by atoms with E-state index in [2.05, 4.69) is 244 Å². The summed E-state index contributed by atoms with van der Waals surface area (Å²) in [5.74, 6) is 0. The molecule has 0 amide bonds. The second kappa shape index (κ2) is 16.3. The van der Waals surface area contributed by atoms with Gasteiger partial charge in [0.1, 0.15) is 16.7 Å². The van der Waals surface area contributed by atoms with Gasteiger partial charge < -0.3 is 23.5 Å². The highest BCUT2D eigenvalue weighted by Crippen LogP contribution is 2.63. The minimum Gasteiger partial charge on any atom is -0.456 e. The molecule has 5 nitrogen and oxygen atoms in total. The van der Waals surface area contributed by atoms with E-state index >= 15 is 0 Å². The van der Waals surface area contributed by atoms with Gasteiger partial charge in [-0.25, -0.2) is 0 Å². The van der Waals surface area contributed by atoms with Crippen molar-refractivity contribution in [1.82, 2.24) is 0 Å². The fourth-order valence-corrected chi connectivity index (χ4v) is 17.2. The van der Waals surface area contributed by atoms with Crippen molar-refractivity contribution >= 4 is 112 Å². The smallest absolute Gasteiger partial charge is 0.252 e. The quantitative estimate of drug-likeness (QED) is 0.165. The third-order valence-corrected chi connectivity index (χ3v) is 22.5. The van der Waals surface area contributed by atoms with E-state index in [4.69, 9.17) is 8.83 Å². The lowest BCUT2D eigenvalue weighted by atomic mass is 9.33. The molecule has 5 heterocycles. The summed E-state index contributed by atoms with van der Waals surface area (Å²) in [6, 6.07) is 54.6. The molecule has 10 aromatic rings. The van der Waals surface area contributed by atoms with Crippen molar-refractivity contribution in [1.29, 1.82) is 0 Å². The molecule has 6 aliphatic rings. The molecule has 82 heavy (non-hydrogen) atoms. The number of benzene rings is 8. The summed E-state index contributed by atoms with van der Waals surface area (Å²) in [6.07, 6.45) is 9.27. The molecular formula is C76H78BN3O2. The third kappa shape index (κ3) is 6.64. The minimum absolute atomic E-state index is 0.0100. The van der Waals surface area contributed by atoms with Crippen LogP contribution in [0.2, 0.25) is 0 Å². The number of para-hydroxylation sites is 3. The second-order valence-corrected chi connectivity index (χ2v) is 30.1. The van der Waals surface area contributed by atoms with Crippen LogP contribution in [0.15, 0.2) is 148 Å². The zero-order valence-corrected chi connectivity index (χ0v) is 50.7. The molecule has 2 unspecified atom stereocenters. The Hall–Kier alpha value is -7.18. The zero-order valence-electron chi connectivity index (χ0n) is 50.7. The Morgan fingerprint density at radius 2 is 1.05 bits per heavy atom. The molecule has 3 aliphatic heterocycles. The number of hydrogen-bond acceptors (Lipinski definition) is 5. The first-order valence-corrected chi connectivity index (χ1v) is 30.9. The van der Waals surface area contributed by atoms with Crippen LogP contribution < -0.4 is 31.1 Å². The summed E-state index contributed by atoms with van der Waals surface area (Å²) in [5, 5.41) is 4.49. The number of fused-ring (bicyclic) bond motifs is 16. The average molecular weight is 1080 g/mol. The van der Waals surface area contributed by atoms with Crippen molar-refractivity contribution in [3.8, 4) is 0 Å². The lowest BCUT2D eigenvalue weighted by Crippen LogP contribution is -2.62. The standard InChI is InChI=1S/C76H78BN3O2/c1-70(2,3)45-27-31-58-55(39-45)75(12)33-18-19-34-76(75,13)80(58)47-41-61-67-62(42-47)79(59-24-20-23-49-48-21-14-16-25-63(48)82-69(49)59)68-56(30-32-65-66(68)50-22-15-17-26-64(50)81-65)77(67)57-43-53-54(74(10,11)38-37-73(53,8)9)44-60(57)78(61)46-28-29-51-52(40-46)72(6,7)36-35-71(51,4)5/h14-17,20-32,39-44H,18-19,33-38H2,1-13H3. The first-order chi connectivity index (χ1) is 39.0. The predicted molar refractivity (Wildman–Crippen MR) is 347 cm³/mol. The predicted octanol–water partition coefficient (Wildman–Crippen LogP) is 19.3. The third-order valence-electron chi connectivity index (χ3n) is 22.5. The van der Waals surface area contributed by atoms with Crippen molar-refractivity contribution in [2.24, 2.45) is 0 Å². The van der Waals surface area contributed by atoms with E-state index in [0.29, 0.717) is 0 Å². The van der Waals surface area contributed by atoms with Gasteiger partial charge in [0.15, 0.2) is 5.58 Å². The van der Waals surface area contributed by atoms with Gasteiger partial charge in [-0.15, -0.1) is 0 Å². The van der Waals surface area contributed by atoms with Gasteiger partial charge >= 0.3 is 0 Å². The molecule has 0 spiro atoms. The van der Waals surface area contributed by atoms with Crippen LogP contribution in [-0.2, 0) is 32.5 Å². The Morgan fingerprint density at radius 3 is 1.77 bits per heavy atom. The molecule has 0 saturated heterocycles. The van der Waals surface area contributed by atoms with E-state index in [9.17, 15) is 0 Å². The van der Waals surface area contributed by atoms with Crippen molar-refractivity contribution in [2.45, 2.75) is 179 Å². The maximum Gasteiger partial charge on any atom is 0.252 e. The lowest BCUT2D eigenvalue weighted by Gasteiger charge is -2.51.